The molecule has 1 saturated heterocycles. The SMILES string of the molecule is Cc1cc(C2(C)CCCN2)c2c(c1C)OCO2. The summed E-state index contributed by atoms with van der Waals surface area (Å²) in [5.74, 6) is 1.89. The summed E-state index contributed by atoms with van der Waals surface area (Å²) in [7, 11) is 0. The summed E-state index contributed by atoms with van der Waals surface area (Å²) in [6.07, 6.45) is 2.38. The van der Waals surface area contributed by atoms with E-state index in [2.05, 4.69) is 32.2 Å². The molecule has 17 heavy (non-hydrogen) atoms. The molecule has 1 unspecified atom stereocenters. The molecule has 0 bridgehead atoms. The summed E-state index contributed by atoms with van der Waals surface area (Å²) in [5, 5.41) is 3.59. The fourth-order valence-corrected chi connectivity index (χ4v) is 2.86. The van der Waals surface area contributed by atoms with Crippen LogP contribution in [-0.2, 0) is 5.54 Å². The summed E-state index contributed by atoms with van der Waals surface area (Å²) < 4.78 is 11.3. The maximum Gasteiger partial charge on any atom is 0.231 e. The highest BCUT2D eigenvalue weighted by Crippen LogP contribution is 2.46. The fourth-order valence-electron chi connectivity index (χ4n) is 2.86. The molecular formula is C14H19NO2. The number of ether oxygens (including phenoxy) is 2. The minimum atomic E-state index is 0.0379. The third-order valence-electron chi connectivity index (χ3n) is 4.11. The third-order valence-corrected chi connectivity index (χ3v) is 4.11. The molecule has 3 rings (SSSR count). The lowest BCUT2D eigenvalue weighted by atomic mass is 9.87. The predicted molar refractivity (Wildman–Crippen MR) is 66.6 cm³/mol. The molecule has 1 aromatic rings. The van der Waals surface area contributed by atoms with Crippen molar-refractivity contribution in [2.45, 2.75) is 39.2 Å². The van der Waals surface area contributed by atoms with E-state index in [0.717, 1.165) is 24.5 Å². The summed E-state index contributed by atoms with van der Waals surface area (Å²) in [6.45, 7) is 7.92. The van der Waals surface area contributed by atoms with Crippen LogP contribution in [0.3, 0.4) is 0 Å². The average Bonchev–Trinajstić information content (AvgIpc) is 2.92. The topological polar surface area (TPSA) is 30.5 Å². The van der Waals surface area contributed by atoms with Gasteiger partial charge in [-0.2, -0.15) is 0 Å². The zero-order valence-corrected chi connectivity index (χ0v) is 10.7. The first-order valence-electron chi connectivity index (χ1n) is 6.27. The smallest absolute Gasteiger partial charge is 0.231 e. The fraction of sp³-hybridized carbons (Fsp3) is 0.571. The average molecular weight is 233 g/mol. The standard InChI is InChI=1S/C14H19NO2/c1-9-7-11(14(3)5-4-6-15-14)13-12(10(9)2)16-8-17-13/h7,15H,4-6,8H2,1-3H3. The normalized spacial score (nSPS) is 26.5. The lowest BCUT2D eigenvalue weighted by Gasteiger charge is -2.27. The Morgan fingerprint density at radius 1 is 1.24 bits per heavy atom. The summed E-state index contributed by atoms with van der Waals surface area (Å²) in [4.78, 5) is 0. The van der Waals surface area contributed by atoms with Crippen LogP contribution in [0.1, 0.15) is 36.5 Å². The minimum Gasteiger partial charge on any atom is -0.453 e. The Labute approximate surface area is 102 Å². The van der Waals surface area contributed by atoms with Gasteiger partial charge in [-0.3, -0.25) is 0 Å². The van der Waals surface area contributed by atoms with Crippen molar-refractivity contribution in [1.82, 2.24) is 5.32 Å². The van der Waals surface area contributed by atoms with Gasteiger partial charge in [-0.25, -0.2) is 0 Å². The molecular weight excluding hydrogens is 214 g/mol. The van der Waals surface area contributed by atoms with Crippen LogP contribution in [-0.4, -0.2) is 13.3 Å². The summed E-state index contributed by atoms with van der Waals surface area (Å²) >= 11 is 0. The first-order chi connectivity index (χ1) is 8.12. The summed E-state index contributed by atoms with van der Waals surface area (Å²) in [5.41, 5.74) is 3.77. The molecule has 0 radical (unpaired) electrons. The Bertz CT molecular complexity index is 462. The van der Waals surface area contributed by atoms with Gasteiger partial charge in [0.2, 0.25) is 6.79 Å². The molecule has 2 heterocycles. The van der Waals surface area contributed by atoms with Crippen molar-refractivity contribution in [1.29, 1.82) is 0 Å². The van der Waals surface area contributed by atoms with E-state index in [1.54, 1.807) is 0 Å². The number of hydrogen-bond donors (Lipinski definition) is 1. The van der Waals surface area contributed by atoms with Crippen molar-refractivity contribution in [2.75, 3.05) is 13.3 Å². The number of rotatable bonds is 1. The van der Waals surface area contributed by atoms with Gasteiger partial charge in [0.25, 0.3) is 0 Å². The Kier molecular flexibility index (Phi) is 2.33. The van der Waals surface area contributed by atoms with Gasteiger partial charge in [-0.1, -0.05) is 0 Å². The molecule has 0 aliphatic carbocycles. The zero-order chi connectivity index (χ0) is 12.0. The quantitative estimate of drug-likeness (QED) is 0.809. The van der Waals surface area contributed by atoms with Crippen molar-refractivity contribution in [2.24, 2.45) is 0 Å². The largest absolute Gasteiger partial charge is 0.453 e. The third kappa shape index (κ3) is 1.53. The van der Waals surface area contributed by atoms with Crippen molar-refractivity contribution in [3.05, 3.63) is 22.8 Å². The number of fused-ring (bicyclic) bond motifs is 1. The van der Waals surface area contributed by atoms with E-state index in [1.807, 2.05) is 0 Å². The molecule has 0 spiro atoms. The lowest BCUT2D eigenvalue weighted by Crippen LogP contribution is -2.33. The Morgan fingerprint density at radius 3 is 2.71 bits per heavy atom. The Balaban J connectivity index is 2.17. The molecule has 1 aromatic carbocycles. The minimum absolute atomic E-state index is 0.0379. The maximum atomic E-state index is 5.68. The Morgan fingerprint density at radius 2 is 2.00 bits per heavy atom. The van der Waals surface area contributed by atoms with Gasteiger partial charge in [0.15, 0.2) is 11.5 Å². The van der Waals surface area contributed by atoms with E-state index >= 15 is 0 Å². The van der Waals surface area contributed by atoms with Crippen LogP contribution in [0.4, 0.5) is 0 Å². The maximum absolute atomic E-state index is 5.68. The molecule has 0 aromatic heterocycles. The number of hydrogen-bond acceptors (Lipinski definition) is 3. The van der Waals surface area contributed by atoms with Gasteiger partial charge >= 0.3 is 0 Å². The van der Waals surface area contributed by atoms with E-state index < -0.39 is 0 Å². The molecule has 3 heteroatoms. The van der Waals surface area contributed by atoms with Gasteiger partial charge in [0, 0.05) is 11.1 Å². The molecule has 0 saturated carbocycles. The van der Waals surface area contributed by atoms with E-state index in [9.17, 15) is 0 Å². The molecule has 3 nitrogen and oxygen atoms in total. The first kappa shape index (κ1) is 10.9. The second-order valence-electron chi connectivity index (χ2n) is 5.29. The number of nitrogens with one attached hydrogen (secondary N) is 1. The number of benzene rings is 1. The second kappa shape index (κ2) is 3.64. The molecule has 2 aliphatic heterocycles. The van der Waals surface area contributed by atoms with Gasteiger partial charge in [0.05, 0.1) is 0 Å². The van der Waals surface area contributed by atoms with Crippen LogP contribution < -0.4 is 14.8 Å². The van der Waals surface area contributed by atoms with Gasteiger partial charge in [0.1, 0.15) is 0 Å². The zero-order valence-electron chi connectivity index (χ0n) is 10.7. The highest BCUT2D eigenvalue weighted by molar-refractivity contribution is 5.58. The van der Waals surface area contributed by atoms with Gasteiger partial charge in [-0.05, 0) is 57.4 Å². The molecule has 1 atom stereocenters. The molecule has 0 amide bonds. The van der Waals surface area contributed by atoms with Crippen molar-refractivity contribution >= 4 is 0 Å². The molecule has 92 valence electrons. The second-order valence-corrected chi connectivity index (χ2v) is 5.29. The van der Waals surface area contributed by atoms with Crippen LogP contribution in [0.5, 0.6) is 11.5 Å². The van der Waals surface area contributed by atoms with Crippen molar-refractivity contribution in [3.63, 3.8) is 0 Å². The monoisotopic (exact) mass is 233 g/mol. The van der Waals surface area contributed by atoms with E-state index in [-0.39, 0.29) is 5.54 Å². The molecule has 2 aliphatic rings. The van der Waals surface area contributed by atoms with Crippen molar-refractivity contribution < 1.29 is 9.47 Å². The molecule has 1 N–H and O–H groups in total. The first-order valence-corrected chi connectivity index (χ1v) is 6.27. The van der Waals surface area contributed by atoms with Crippen molar-refractivity contribution in [3.8, 4) is 11.5 Å². The highest BCUT2D eigenvalue weighted by Gasteiger charge is 2.36. The van der Waals surface area contributed by atoms with Crippen LogP contribution in [0, 0.1) is 13.8 Å². The summed E-state index contributed by atoms with van der Waals surface area (Å²) in [6, 6.07) is 2.25. The van der Waals surface area contributed by atoms with Crippen LogP contribution in [0.25, 0.3) is 0 Å². The van der Waals surface area contributed by atoms with Gasteiger partial charge < -0.3 is 14.8 Å². The van der Waals surface area contributed by atoms with Crippen LogP contribution >= 0.6 is 0 Å². The lowest BCUT2D eigenvalue weighted by molar-refractivity contribution is 0.171. The van der Waals surface area contributed by atoms with E-state index in [4.69, 9.17) is 9.47 Å². The number of aryl methyl sites for hydroxylation is 1. The molecule has 1 fully saturated rings. The van der Waals surface area contributed by atoms with Gasteiger partial charge in [-0.15, -0.1) is 0 Å². The highest BCUT2D eigenvalue weighted by atomic mass is 16.7. The van der Waals surface area contributed by atoms with E-state index in [1.165, 1.54) is 23.1 Å². The van der Waals surface area contributed by atoms with Crippen LogP contribution in [0.2, 0.25) is 0 Å². The predicted octanol–water partition coefficient (Wildman–Crippen LogP) is 2.63. The van der Waals surface area contributed by atoms with E-state index in [0.29, 0.717) is 6.79 Å². The van der Waals surface area contributed by atoms with Crippen LogP contribution in [0.15, 0.2) is 6.07 Å². The Hall–Kier alpha value is -1.22.